The molecule has 2 N–H and O–H groups in total. The number of aliphatic hydroxyl groups is 1. The number of amides is 1. The molecule has 1 saturated carbocycles. The van der Waals surface area contributed by atoms with Crippen LogP contribution in [0.3, 0.4) is 0 Å². The van der Waals surface area contributed by atoms with Crippen LogP contribution in [0.2, 0.25) is 0 Å². The second-order valence-corrected chi connectivity index (χ2v) is 5.21. The van der Waals surface area contributed by atoms with Gasteiger partial charge in [-0.15, -0.1) is 0 Å². The maximum absolute atomic E-state index is 12.6. The molecule has 1 aromatic carbocycles. The van der Waals surface area contributed by atoms with Gasteiger partial charge in [-0.25, -0.2) is 0 Å². The number of aliphatic hydroxyl groups excluding tert-OH is 1. The van der Waals surface area contributed by atoms with E-state index in [0.29, 0.717) is 18.5 Å². The van der Waals surface area contributed by atoms with Crippen molar-refractivity contribution in [1.29, 1.82) is 0 Å². The molecule has 1 aliphatic carbocycles. The van der Waals surface area contributed by atoms with Gasteiger partial charge in [0.25, 0.3) is 0 Å². The molecule has 0 bridgehead atoms. The largest absolute Gasteiger partial charge is 0.393 e. The summed E-state index contributed by atoms with van der Waals surface area (Å²) in [4.78, 5) is 16.6. The number of carbonyl (C=O) groups excluding carboxylic acids is 1. The van der Waals surface area contributed by atoms with Gasteiger partial charge in [0, 0.05) is 6.20 Å². The van der Waals surface area contributed by atoms with E-state index in [1.165, 1.54) is 0 Å². The number of anilines is 1. The fourth-order valence-corrected chi connectivity index (χ4v) is 2.74. The Morgan fingerprint density at radius 2 is 1.95 bits per heavy atom. The van der Waals surface area contributed by atoms with Crippen LogP contribution in [0, 0.1) is 0 Å². The zero-order valence-electron chi connectivity index (χ0n) is 11.0. The normalized spacial score (nSPS) is 24.8. The van der Waals surface area contributed by atoms with Gasteiger partial charge in [-0.2, -0.15) is 0 Å². The van der Waals surface area contributed by atoms with E-state index < -0.39 is 11.5 Å². The summed E-state index contributed by atoms with van der Waals surface area (Å²) in [5.74, 6) is -0.0815. The lowest BCUT2D eigenvalue weighted by molar-refractivity contribution is -0.129. The molecule has 20 heavy (non-hydrogen) atoms. The van der Waals surface area contributed by atoms with Gasteiger partial charge in [0.2, 0.25) is 5.91 Å². The Morgan fingerprint density at radius 3 is 2.55 bits per heavy atom. The van der Waals surface area contributed by atoms with Crippen molar-refractivity contribution in [2.45, 2.75) is 24.4 Å². The molecule has 1 aromatic heterocycles. The lowest BCUT2D eigenvalue weighted by Gasteiger charge is -2.44. The minimum Gasteiger partial charge on any atom is -0.393 e. The second kappa shape index (κ2) is 5.06. The minimum atomic E-state index is -0.628. The average Bonchev–Trinajstić information content (AvgIpc) is 2.45. The molecule has 0 unspecified atom stereocenters. The molecular formula is C16H16N2O2. The quantitative estimate of drug-likeness (QED) is 0.896. The Labute approximate surface area is 117 Å². The van der Waals surface area contributed by atoms with Crippen LogP contribution in [0.25, 0.3) is 0 Å². The molecule has 1 fully saturated rings. The van der Waals surface area contributed by atoms with Crippen LogP contribution in [-0.4, -0.2) is 22.1 Å². The van der Waals surface area contributed by atoms with Crippen molar-refractivity contribution in [3.8, 4) is 0 Å². The van der Waals surface area contributed by atoms with E-state index in [9.17, 15) is 9.90 Å². The van der Waals surface area contributed by atoms with Gasteiger partial charge < -0.3 is 10.4 Å². The zero-order valence-corrected chi connectivity index (χ0v) is 11.0. The first-order chi connectivity index (χ1) is 9.71. The molecule has 1 aliphatic rings. The van der Waals surface area contributed by atoms with E-state index in [2.05, 4.69) is 10.3 Å². The maximum atomic E-state index is 12.6. The van der Waals surface area contributed by atoms with Gasteiger partial charge in [0.1, 0.15) is 0 Å². The standard InChI is InChI=1S/C16H16N2O2/c19-14-9-16(10-14,12-5-2-1-3-6-12)15(20)18-13-7-4-8-17-11-13/h1-8,11,14,19H,9-10H2,(H,18,20). The number of aromatic nitrogens is 1. The van der Waals surface area contributed by atoms with E-state index in [0.717, 1.165) is 5.56 Å². The molecule has 2 aromatic rings. The maximum Gasteiger partial charge on any atom is 0.235 e. The van der Waals surface area contributed by atoms with Gasteiger partial charge in [-0.05, 0) is 30.5 Å². The summed E-state index contributed by atoms with van der Waals surface area (Å²) in [6, 6.07) is 13.2. The number of rotatable bonds is 3. The van der Waals surface area contributed by atoms with Crippen LogP contribution in [-0.2, 0) is 10.2 Å². The summed E-state index contributed by atoms with van der Waals surface area (Å²) >= 11 is 0. The summed E-state index contributed by atoms with van der Waals surface area (Å²) in [6.45, 7) is 0. The Kier molecular flexibility index (Phi) is 3.24. The summed E-state index contributed by atoms with van der Waals surface area (Å²) < 4.78 is 0. The highest BCUT2D eigenvalue weighted by Crippen LogP contribution is 2.44. The predicted molar refractivity (Wildman–Crippen MR) is 76.2 cm³/mol. The number of pyridine rings is 1. The van der Waals surface area contributed by atoms with Crippen molar-refractivity contribution in [1.82, 2.24) is 4.98 Å². The van der Waals surface area contributed by atoms with Crippen LogP contribution in [0.5, 0.6) is 0 Å². The third-order valence-corrected chi connectivity index (χ3v) is 3.85. The number of carbonyl (C=O) groups is 1. The summed E-state index contributed by atoms with van der Waals surface area (Å²) in [7, 11) is 0. The Bertz CT molecular complexity index is 592. The molecular weight excluding hydrogens is 252 g/mol. The third kappa shape index (κ3) is 2.18. The molecule has 4 nitrogen and oxygen atoms in total. The summed E-state index contributed by atoms with van der Waals surface area (Å²) in [6.07, 6.45) is 3.79. The van der Waals surface area contributed by atoms with Gasteiger partial charge in [-0.1, -0.05) is 30.3 Å². The number of hydrogen-bond donors (Lipinski definition) is 2. The van der Waals surface area contributed by atoms with E-state index >= 15 is 0 Å². The molecule has 0 atom stereocenters. The van der Waals surface area contributed by atoms with Crippen LogP contribution in [0.1, 0.15) is 18.4 Å². The number of hydrogen-bond acceptors (Lipinski definition) is 3. The van der Waals surface area contributed by atoms with Gasteiger partial charge in [0.15, 0.2) is 0 Å². The number of nitrogens with zero attached hydrogens (tertiary/aromatic N) is 1. The van der Waals surface area contributed by atoms with Crippen LogP contribution < -0.4 is 5.32 Å². The predicted octanol–water partition coefficient (Wildman–Crippen LogP) is 2.11. The molecule has 1 heterocycles. The molecule has 4 heteroatoms. The monoisotopic (exact) mass is 268 g/mol. The van der Waals surface area contributed by atoms with Crippen molar-refractivity contribution in [2.24, 2.45) is 0 Å². The second-order valence-electron chi connectivity index (χ2n) is 5.21. The summed E-state index contributed by atoms with van der Waals surface area (Å²) in [5.41, 5.74) is 0.997. The first-order valence-electron chi connectivity index (χ1n) is 6.66. The SMILES string of the molecule is O=C(Nc1cccnc1)C1(c2ccccc2)CC(O)C1. The Balaban J connectivity index is 1.86. The molecule has 1 amide bonds. The highest BCUT2D eigenvalue weighted by atomic mass is 16.3. The molecule has 0 saturated heterocycles. The first kappa shape index (κ1) is 12.8. The van der Waals surface area contributed by atoms with E-state index in [-0.39, 0.29) is 5.91 Å². The van der Waals surface area contributed by atoms with Gasteiger partial charge in [0.05, 0.1) is 23.4 Å². The zero-order chi connectivity index (χ0) is 14.0. The fraction of sp³-hybridized carbons (Fsp3) is 0.250. The third-order valence-electron chi connectivity index (χ3n) is 3.85. The lowest BCUT2D eigenvalue weighted by atomic mass is 9.62. The van der Waals surface area contributed by atoms with Crippen molar-refractivity contribution < 1.29 is 9.90 Å². The van der Waals surface area contributed by atoms with E-state index in [1.54, 1.807) is 24.5 Å². The lowest BCUT2D eigenvalue weighted by Crippen LogP contribution is -2.53. The average molecular weight is 268 g/mol. The van der Waals surface area contributed by atoms with Crippen molar-refractivity contribution in [3.05, 3.63) is 60.4 Å². The van der Waals surface area contributed by atoms with Crippen LogP contribution >= 0.6 is 0 Å². The van der Waals surface area contributed by atoms with Gasteiger partial charge in [-0.3, -0.25) is 9.78 Å². The Morgan fingerprint density at radius 1 is 1.20 bits per heavy atom. The molecule has 0 aliphatic heterocycles. The number of nitrogens with one attached hydrogen (secondary N) is 1. The molecule has 0 radical (unpaired) electrons. The highest BCUT2D eigenvalue weighted by molar-refractivity contribution is 6.00. The fourth-order valence-electron chi connectivity index (χ4n) is 2.74. The van der Waals surface area contributed by atoms with E-state index in [4.69, 9.17) is 0 Å². The number of benzene rings is 1. The summed E-state index contributed by atoms with van der Waals surface area (Å²) in [5, 5.41) is 12.6. The minimum absolute atomic E-state index is 0.0815. The van der Waals surface area contributed by atoms with Crippen molar-refractivity contribution >= 4 is 11.6 Å². The first-order valence-corrected chi connectivity index (χ1v) is 6.66. The Hall–Kier alpha value is -2.20. The molecule has 102 valence electrons. The topological polar surface area (TPSA) is 62.2 Å². The van der Waals surface area contributed by atoms with Crippen molar-refractivity contribution in [3.63, 3.8) is 0 Å². The van der Waals surface area contributed by atoms with Crippen LogP contribution in [0.4, 0.5) is 5.69 Å². The molecule has 3 rings (SSSR count). The van der Waals surface area contributed by atoms with Crippen molar-refractivity contribution in [2.75, 3.05) is 5.32 Å². The smallest absolute Gasteiger partial charge is 0.235 e. The van der Waals surface area contributed by atoms with Gasteiger partial charge >= 0.3 is 0 Å². The molecule has 0 spiro atoms. The van der Waals surface area contributed by atoms with E-state index in [1.807, 2.05) is 30.3 Å². The highest BCUT2D eigenvalue weighted by Gasteiger charge is 2.50. The van der Waals surface area contributed by atoms with Crippen LogP contribution in [0.15, 0.2) is 54.9 Å².